The molecule has 13 nitrogen and oxygen atoms in total. The van der Waals surface area contributed by atoms with E-state index in [2.05, 4.69) is 29.4 Å². The summed E-state index contributed by atoms with van der Waals surface area (Å²) in [6.45, 7) is 0. The fourth-order valence-electron chi connectivity index (χ4n) is 2.27. The van der Waals surface area contributed by atoms with Crippen molar-refractivity contribution in [2.24, 2.45) is 0 Å². The van der Waals surface area contributed by atoms with Gasteiger partial charge >= 0.3 is 12.0 Å². The van der Waals surface area contributed by atoms with E-state index in [-0.39, 0.29) is 16.0 Å². The standard InChI is InChI=1S/C15H15ClFN5O8S/c1-28-11-9(30-15(25,26)14(17,23)24)12(29-2)21-13(20-11)22-31(27)7-5-18-10-6(7)3-4-8(16)19-10/h3-5,23-26H,1-2H3,(H,18,19)(H,20,21,22). The minimum atomic E-state index is -4.58. The van der Waals surface area contributed by atoms with E-state index in [0.29, 0.717) is 11.0 Å². The lowest BCUT2D eigenvalue weighted by Gasteiger charge is -2.28. The Balaban J connectivity index is 1.94. The van der Waals surface area contributed by atoms with Crippen molar-refractivity contribution < 1.29 is 43.2 Å². The molecule has 0 saturated carbocycles. The van der Waals surface area contributed by atoms with Gasteiger partial charge in [-0.1, -0.05) is 11.6 Å². The second-order valence-electron chi connectivity index (χ2n) is 5.75. The van der Waals surface area contributed by atoms with Gasteiger partial charge < -0.3 is 39.6 Å². The van der Waals surface area contributed by atoms with Gasteiger partial charge in [-0.2, -0.15) is 14.4 Å². The number of halogens is 2. The predicted octanol–water partition coefficient (Wildman–Crippen LogP) is -0.217. The van der Waals surface area contributed by atoms with Crippen molar-refractivity contribution in [2.45, 2.75) is 16.9 Å². The highest BCUT2D eigenvalue weighted by molar-refractivity contribution is 7.86. The summed E-state index contributed by atoms with van der Waals surface area (Å²) >= 11 is 5.82. The normalized spacial score (nSPS) is 13.2. The Kier molecular flexibility index (Phi) is 6.17. The van der Waals surface area contributed by atoms with E-state index in [4.69, 9.17) is 31.3 Å². The minimum absolute atomic E-state index is 0.236. The number of hydrogen-bond donors (Lipinski definition) is 6. The molecule has 3 heterocycles. The monoisotopic (exact) mass is 479 g/mol. The second kappa shape index (κ2) is 8.37. The zero-order valence-corrected chi connectivity index (χ0v) is 17.2. The van der Waals surface area contributed by atoms with Crippen LogP contribution in [0, 0.1) is 0 Å². The summed E-state index contributed by atoms with van der Waals surface area (Å²) in [5.74, 6) is -6.34. The lowest BCUT2D eigenvalue weighted by Crippen LogP contribution is -2.55. The molecule has 0 aliphatic rings. The van der Waals surface area contributed by atoms with E-state index in [1.165, 1.54) is 12.3 Å². The third kappa shape index (κ3) is 4.60. The molecule has 0 bridgehead atoms. The molecule has 1 atom stereocenters. The van der Waals surface area contributed by atoms with Gasteiger partial charge in [-0.15, -0.1) is 0 Å². The lowest BCUT2D eigenvalue weighted by molar-refractivity contribution is -0.477. The number of pyridine rings is 1. The Morgan fingerprint density at radius 2 is 1.74 bits per heavy atom. The smallest absolute Gasteiger partial charge is 0.414 e. The summed E-state index contributed by atoms with van der Waals surface area (Å²) in [5.41, 5.74) is 0.391. The molecule has 3 aromatic heterocycles. The number of H-pyrrole nitrogens is 1. The fourth-order valence-corrected chi connectivity index (χ4v) is 3.32. The van der Waals surface area contributed by atoms with Gasteiger partial charge in [-0.3, -0.25) is 4.72 Å². The Bertz CT molecular complexity index is 1110. The van der Waals surface area contributed by atoms with Crippen molar-refractivity contribution in [3.05, 3.63) is 23.5 Å². The van der Waals surface area contributed by atoms with Crippen LogP contribution in [0.1, 0.15) is 0 Å². The average molecular weight is 480 g/mol. The third-order valence-electron chi connectivity index (χ3n) is 3.70. The number of aromatic amines is 1. The number of methoxy groups -OCH3 is 2. The van der Waals surface area contributed by atoms with Crippen molar-refractivity contribution >= 4 is 39.6 Å². The maximum Gasteiger partial charge on any atom is 0.414 e. The number of fused-ring (bicyclic) bond motifs is 1. The minimum Gasteiger partial charge on any atom is -0.478 e. The maximum absolute atomic E-state index is 13.2. The zero-order valence-electron chi connectivity index (χ0n) is 15.7. The number of hydrogen-bond acceptors (Lipinski definition) is 11. The van der Waals surface area contributed by atoms with Crippen molar-refractivity contribution in [3.8, 4) is 17.5 Å². The summed E-state index contributed by atoms with van der Waals surface area (Å²) in [6, 6.07) is -1.46. The van der Waals surface area contributed by atoms with Crippen molar-refractivity contribution in [1.29, 1.82) is 0 Å². The molecule has 0 saturated heterocycles. The number of nitrogens with zero attached hydrogens (tertiary/aromatic N) is 3. The highest BCUT2D eigenvalue weighted by Crippen LogP contribution is 2.38. The van der Waals surface area contributed by atoms with Crippen LogP contribution in [0.25, 0.3) is 11.0 Å². The van der Waals surface area contributed by atoms with Crippen LogP contribution < -0.4 is 18.9 Å². The van der Waals surface area contributed by atoms with Crippen molar-refractivity contribution in [3.63, 3.8) is 0 Å². The van der Waals surface area contributed by atoms with Crippen LogP contribution >= 0.6 is 11.6 Å². The number of rotatable bonds is 8. The van der Waals surface area contributed by atoms with E-state index in [0.717, 1.165) is 14.2 Å². The van der Waals surface area contributed by atoms with Gasteiger partial charge in [0.05, 0.1) is 19.1 Å². The lowest BCUT2D eigenvalue weighted by atomic mass is 10.3. The first kappa shape index (κ1) is 22.9. The maximum atomic E-state index is 13.2. The Labute approximate surface area is 180 Å². The molecule has 3 aromatic rings. The summed E-state index contributed by atoms with van der Waals surface area (Å²) in [4.78, 5) is 14.8. The molecule has 0 amide bonds. The molecule has 16 heteroatoms. The van der Waals surface area contributed by atoms with Gasteiger partial charge in [0.2, 0.25) is 11.7 Å². The number of aliphatic hydroxyl groups is 4. The molecule has 0 spiro atoms. The van der Waals surface area contributed by atoms with Gasteiger partial charge in [-0.05, 0) is 12.1 Å². The summed E-state index contributed by atoms with van der Waals surface area (Å²) in [7, 11) is 0.245. The van der Waals surface area contributed by atoms with E-state index in [1.54, 1.807) is 6.07 Å². The number of alkyl halides is 1. The van der Waals surface area contributed by atoms with E-state index in [9.17, 15) is 18.8 Å². The fraction of sp³-hybridized carbons (Fsp3) is 0.267. The Morgan fingerprint density at radius 1 is 1.13 bits per heavy atom. The SMILES string of the molecule is COc1nc(NS(=O)c2c[nH]c3nc(Cl)ccc23)nc(OC)c1OC(O)(O)C(O)(O)F. The molecule has 0 radical (unpaired) electrons. The summed E-state index contributed by atoms with van der Waals surface area (Å²) in [6.07, 6.45) is 1.43. The van der Waals surface area contributed by atoms with Crippen LogP contribution in [0.3, 0.4) is 0 Å². The molecular weight excluding hydrogens is 465 g/mol. The first-order valence-corrected chi connectivity index (χ1v) is 9.59. The largest absolute Gasteiger partial charge is 0.478 e. The third-order valence-corrected chi connectivity index (χ3v) is 5.01. The highest BCUT2D eigenvalue weighted by Gasteiger charge is 2.53. The zero-order chi connectivity index (χ0) is 23.0. The first-order valence-electron chi connectivity index (χ1n) is 8.06. The van der Waals surface area contributed by atoms with Gasteiger partial charge in [-0.25, -0.2) is 9.19 Å². The van der Waals surface area contributed by atoms with Gasteiger partial charge in [0.1, 0.15) is 10.8 Å². The van der Waals surface area contributed by atoms with Crippen molar-refractivity contribution in [1.82, 2.24) is 19.9 Å². The average Bonchev–Trinajstić information content (AvgIpc) is 3.10. The van der Waals surface area contributed by atoms with Crippen LogP contribution in [0.5, 0.6) is 17.5 Å². The van der Waals surface area contributed by atoms with E-state index >= 15 is 0 Å². The van der Waals surface area contributed by atoms with Crippen LogP contribution in [0.4, 0.5) is 10.3 Å². The topological polar surface area (TPSA) is 192 Å². The van der Waals surface area contributed by atoms with Gasteiger partial charge in [0, 0.05) is 11.6 Å². The van der Waals surface area contributed by atoms with Gasteiger partial charge in [0.15, 0.2) is 11.0 Å². The molecule has 0 aliphatic heterocycles. The molecule has 0 fully saturated rings. The van der Waals surface area contributed by atoms with Crippen LogP contribution in [0.15, 0.2) is 23.2 Å². The number of anilines is 1. The van der Waals surface area contributed by atoms with Crippen LogP contribution in [-0.2, 0) is 11.0 Å². The molecular formula is C15H15ClFN5O8S. The highest BCUT2D eigenvalue weighted by atomic mass is 35.5. The van der Waals surface area contributed by atoms with Gasteiger partial charge in [0.25, 0.3) is 11.8 Å². The molecule has 0 aromatic carbocycles. The second-order valence-corrected chi connectivity index (χ2v) is 7.31. The van der Waals surface area contributed by atoms with E-state index < -0.39 is 40.5 Å². The summed E-state index contributed by atoms with van der Waals surface area (Å²) < 4.78 is 42.7. The summed E-state index contributed by atoms with van der Waals surface area (Å²) in [5, 5.41) is 37.1. The predicted molar refractivity (Wildman–Crippen MR) is 102 cm³/mol. The van der Waals surface area contributed by atoms with Crippen molar-refractivity contribution in [2.75, 3.05) is 18.9 Å². The van der Waals surface area contributed by atoms with Crippen LogP contribution in [0.2, 0.25) is 5.15 Å². The van der Waals surface area contributed by atoms with Crippen LogP contribution in [-0.4, -0.2) is 70.8 Å². The molecule has 31 heavy (non-hydrogen) atoms. The Hall–Kier alpha value is -2.82. The molecule has 168 valence electrons. The molecule has 1 unspecified atom stereocenters. The number of nitrogens with one attached hydrogen (secondary N) is 2. The number of aromatic nitrogens is 4. The first-order chi connectivity index (χ1) is 14.5. The Morgan fingerprint density at radius 3 is 2.29 bits per heavy atom. The molecule has 6 N–H and O–H groups in total. The quantitative estimate of drug-likeness (QED) is 0.185. The molecule has 0 aliphatic carbocycles. The number of ether oxygens (including phenoxy) is 3. The molecule has 3 rings (SSSR count). The van der Waals surface area contributed by atoms with E-state index in [1.807, 2.05) is 0 Å².